The number of nitrogens with one attached hydrogen (secondary N) is 1. The van der Waals surface area contributed by atoms with Crippen molar-refractivity contribution in [1.82, 2.24) is 14.8 Å². The van der Waals surface area contributed by atoms with E-state index in [4.69, 9.17) is 9.47 Å². The largest absolute Gasteiger partial charge is 0.497 e. The summed E-state index contributed by atoms with van der Waals surface area (Å²) in [5, 5.41) is 8.09. The molecule has 0 atom stereocenters. The van der Waals surface area contributed by atoms with Crippen LogP contribution in [0, 0.1) is 6.92 Å². The molecular formula is C23H22N4O3. The van der Waals surface area contributed by atoms with Gasteiger partial charge in [-0.25, -0.2) is 4.98 Å². The summed E-state index contributed by atoms with van der Waals surface area (Å²) in [6.07, 6.45) is 3.43. The molecule has 0 aliphatic rings. The lowest BCUT2D eigenvalue weighted by molar-refractivity contribution is 0.102. The van der Waals surface area contributed by atoms with Gasteiger partial charge in [-0.15, -0.1) is 0 Å². The maximum absolute atomic E-state index is 12.8. The van der Waals surface area contributed by atoms with Gasteiger partial charge in [-0.1, -0.05) is 24.3 Å². The predicted octanol–water partition coefficient (Wildman–Crippen LogP) is 4.06. The molecule has 7 heteroatoms. The zero-order valence-corrected chi connectivity index (χ0v) is 17.0. The Labute approximate surface area is 174 Å². The smallest absolute Gasteiger partial charge is 0.257 e. The fourth-order valence-corrected chi connectivity index (χ4v) is 3.33. The highest BCUT2D eigenvalue weighted by Crippen LogP contribution is 2.26. The number of carbonyl (C=O) groups is 1. The molecule has 0 aliphatic carbocycles. The Morgan fingerprint density at radius 2 is 1.93 bits per heavy atom. The molecule has 7 nitrogen and oxygen atoms in total. The van der Waals surface area contributed by atoms with Gasteiger partial charge in [0, 0.05) is 11.6 Å². The molecule has 0 unspecified atom stereocenters. The van der Waals surface area contributed by atoms with E-state index in [9.17, 15) is 4.79 Å². The quantitative estimate of drug-likeness (QED) is 0.526. The molecule has 2 aromatic carbocycles. The second-order valence-corrected chi connectivity index (χ2v) is 6.89. The van der Waals surface area contributed by atoms with E-state index >= 15 is 0 Å². The Morgan fingerprint density at radius 3 is 2.73 bits per heavy atom. The van der Waals surface area contributed by atoms with Gasteiger partial charge in [-0.2, -0.15) is 5.10 Å². The third-order valence-corrected chi connectivity index (χ3v) is 4.83. The number of aromatic nitrogens is 3. The zero-order valence-electron chi connectivity index (χ0n) is 17.0. The topological polar surface area (TPSA) is 78.3 Å². The van der Waals surface area contributed by atoms with Crippen molar-refractivity contribution < 1.29 is 14.3 Å². The van der Waals surface area contributed by atoms with Crippen molar-refractivity contribution in [1.29, 1.82) is 0 Å². The van der Waals surface area contributed by atoms with Crippen LogP contribution in [0.25, 0.3) is 10.9 Å². The number of pyridine rings is 1. The molecule has 0 aliphatic heterocycles. The van der Waals surface area contributed by atoms with Crippen LogP contribution in [-0.4, -0.2) is 34.9 Å². The van der Waals surface area contributed by atoms with Gasteiger partial charge in [0.2, 0.25) is 0 Å². The van der Waals surface area contributed by atoms with Crippen LogP contribution in [0.5, 0.6) is 11.5 Å². The van der Waals surface area contributed by atoms with Gasteiger partial charge in [0.25, 0.3) is 5.91 Å². The monoisotopic (exact) mass is 402 g/mol. The Kier molecular flexibility index (Phi) is 5.34. The molecule has 0 saturated carbocycles. The maximum Gasteiger partial charge on any atom is 0.257 e. The first-order valence-corrected chi connectivity index (χ1v) is 9.48. The van der Waals surface area contributed by atoms with Crippen LogP contribution in [0.4, 0.5) is 5.69 Å². The normalized spacial score (nSPS) is 10.8. The first kappa shape index (κ1) is 19.4. The molecule has 0 radical (unpaired) electrons. The summed E-state index contributed by atoms with van der Waals surface area (Å²) in [5.74, 6) is 1.25. The third-order valence-electron chi connectivity index (χ3n) is 4.83. The molecule has 2 aromatic heterocycles. The van der Waals surface area contributed by atoms with Gasteiger partial charge in [0.15, 0.2) is 0 Å². The molecular weight excluding hydrogens is 380 g/mol. The lowest BCUT2D eigenvalue weighted by atomic mass is 10.1. The minimum absolute atomic E-state index is 0.231. The number of para-hydroxylation sites is 1. The first-order chi connectivity index (χ1) is 14.6. The van der Waals surface area contributed by atoms with E-state index in [1.165, 1.54) is 0 Å². The molecule has 1 amide bonds. The SMILES string of the molecule is COc1cccc(Cn2cc(NC(=O)c3cc4cccc(OC)c4nc3C)cn2)c1. The van der Waals surface area contributed by atoms with Crippen molar-refractivity contribution in [2.75, 3.05) is 19.5 Å². The molecule has 0 saturated heterocycles. The number of methoxy groups -OCH3 is 2. The predicted molar refractivity (Wildman–Crippen MR) is 115 cm³/mol. The molecule has 0 spiro atoms. The average molecular weight is 402 g/mol. The zero-order chi connectivity index (χ0) is 21.1. The van der Waals surface area contributed by atoms with Crippen molar-refractivity contribution in [3.05, 3.63) is 77.7 Å². The number of anilines is 1. The molecule has 1 N–H and O–H groups in total. The second kappa shape index (κ2) is 8.24. The summed E-state index contributed by atoms with van der Waals surface area (Å²) in [5.41, 5.74) is 3.55. The fourth-order valence-electron chi connectivity index (χ4n) is 3.33. The van der Waals surface area contributed by atoms with E-state index in [1.54, 1.807) is 31.3 Å². The van der Waals surface area contributed by atoms with Gasteiger partial charge in [-0.3, -0.25) is 9.48 Å². The summed E-state index contributed by atoms with van der Waals surface area (Å²) in [4.78, 5) is 17.4. The molecule has 0 fully saturated rings. The molecule has 4 aromatic rings. The molecule has 0 bridgehead atoms. The number of aryl methyl sites for hydroxylation is 1. The lowest BCUT2D eigenvalue weighted by Crippen LogP contribution is -2.14. The van der Waals surface area contributed by atoms with Crippen molar-refractivity contribution in [3.63, 3.8) is 0 Å². The Hall–Kier alpha value is -3.87. The third kappa shape index (κ3) is 3.96. The Balaban J connectivity index is 1.52. The number of rotatable bonds is 6. The lowest BCUT2D eigenvalue weighted by Gasteiger charge is -2.10. The van der Waals surface area contributed by atoms with Crippen LogP contribution < -0.4 is 14.8 Å². The van der Waals surface area contributed by atoms with Gasteiger partial charge >= 0.3 is 0 Å². The van der Waals surface area contributed by atoms with Crippen molar-refractivity contribution >= 4 is 22.5 Å². The van der Waals surface area contributed by atoms with Gasteiger partial charge in [0.05, 0.1) is 43.9 Å². The van der Waals surface area contributed by atoms with E-state index in [0.29, 0.717) is 29.2 Å². The van der Waals surface area contributed by atoms with Crippen LogP contribution in [0.3, 0.4) is 0 Å². The van der Waals surface area contributed by atoms with Gasteiger partial charge in [0.1, 0.15) is 17.0 Å². The molecule has 152 valence electrons. The number of carbonyl (C=O) groups excluding carboxylic acids is 1. The molecule has 30 heavy (non-hydrogen) atoms. The van der Waals surface area contributed by atoms with Crippen LogP contribution in [0.1, 0.15) is 21.6 Å². The number of amides is 1. The van der Waals surface area contributed by atoms with Gasteiger partial charge in [-0.05, 0) is 36.8 Å². The highest BCUT2D eigenvalue weighted by Gasteiger charge is 2.14. The highest BCUT2D eigenvalue weighted by molar-refractivity contribution is 6.07. The summed E-state index contributed by atoms with van der Waals surface area (Å²) >= 11 is 0. The fraction of sp³-hybridized carbons (Fsp3) is 0.174. The number of hydrogen-bond donors (Lipinski definition) is 1. The number of fused-ring (bicyclic) bond motifs is 1. The summed E-state index contributed by atoms with van der Waals surface area (Å²) in [7, 11) is 3.25. The maximum atomic E-state index is 12.8. The summed E-state index contributed by atoms with van der Waals surface area (Å²) < 4.78 is 12.4. The Morgan fingerprint density at radius 1 is 1.10 bits per heavy atom. The van der Waals surface area contributed by atoms with Crippen LogP contribution in [-0.2, 0) is 6.54 Å². The van der Waals surface area contributed by atoms with Crippen LogP contribution >= 0.6 is 0 Å². The van der Waals surface area contributed by atoms with Crippen LogP contribution in [0.15, 0.2) is 60.9 Å². The average Bonchev–Trinajstić information content (AvgIpc) is 3.19. The standard InChI is InChI=1S/C23H22N4O3/c1-15-20(11-17-7-5-9-21(30-3)22(17)25-15)23(28)26-18-12-24-27(14-18)13-16-6-4-8-19(10-16)29-2/h4-12,14H,13H2,1-3H3,(H,26,28). The van der Waals surface area contributed by atoms with E-state index in [2.05, 4.69) is 15.4 Å². The van der Waals surface area contributed by atoms with E-state index < -0.39 is 0 Å². The number of ether oxygens (including phenoxy) is 2. The minimum atomic E-state index is -0.231. The van der Waals surface area contributed by atoms with Gasteiger partial charge < -0.3 is 14.8 Å². The highest BCUT2D eigenvalue weighted by atomic mass is 16.5. The molecule has 2 heterocycles. The number of nitrogens with zero attached hydrogens (tertiary/aromatic N) is 3. The van der Waals surface area contributed by atoms with Crippen molar-refractivity contribution in [2.24, 2.45) is 0 Å². The van der Waals surface area contributed by atoms with E-state index in [0.717, 1.165) is 22.2 Å². The molecule has 4 rings (SSSR count). The van der Waals surface area contributed by atoms with Crippen molar-refractivity contribution in [2.45, 2.75) is 13.5 Å². The summed E-state index contributed by atoms with van der Waals surface area (Å²) in [6.45, 7) is 2.39. The number of hydrogen-bond acceptors (Lipinski definition) is 5. The van der Waals surface area contributed by atoms with E-state index in [1.807, 2.05) is 55.5 Å². The number of benzene rings is 2. The van der Waals surface area contributed by atoms with E-state index in [-0.39, 0.29) is 5.91 Å². The van der Waals surface area contributed by atoms with Crippen molar-refractivity contribution in [3.8, 4) is 11.5 Å². The minimum Gasteiger partial charge on any atom is -0.497 e. The van der Waals surface area contributed by atoms with Crippen LogP contribution in [0.2, 0.25) is 0 Å². The Bertz CT molecular complexity index is 1220. The second-order valence-electron chi connectivity index (χ2n) is 6.89. The first-order valence-electron chi connectivity index (χ1n) is 9.48. The summed E-state index contributed by atoms with van der Waals surface area (Å²) in [6, 6.07) is 15.3.